The van der Waals surface area contributed by atoms with Crippen molar-refractivity contribution in [3.63, 3.8) is 0 Å². The molecule has 3 aliphatic rings. The highest BCUT2D eigenvalue weighted by atomic mass is 32.2. The molecule has 0 aliphatic carbocycles. The van der Waals surface area contributed by atoms with Crippen LogP contribution in [0.25, 0.3) is 5.57 Å². The predicted octanol–water partition coefficient (Wildman–Crippen LogP) is 3.82. The second-order valence-electron chi connectivity index (χ2n) is 9.43. The van der Waals surface area contributed by atoms with Crippen LogP contribution in [0.1, 0.15) is 37.7 Å². The fourth-order valence-electron chi connectivity index (χ4n) is 4.88. The normalized spacial score (nSPS) is 23.8. The lowest BCUT2D eigenvalue weighted by molar-refractivity contribution is -0.150. The zero-order chi connectivity index (χ0) is 23.3. The number of aliphatic carboxylic acids is 1. The van der Waals surface area contributed by atoms with Crippen molar-refractivity contribution in [3.8, 4) is 0 Å². The lowest BCUT2D eigenvalue weighted by Gasteiger charge is -2.39. The van der Waals surface area contributed by atoms with Crippen molar-refractivity contribution in [1.82, 2.24) is 14.1 Å². The van der Waals surface area contributed by atoms with Gasteiger partial charge in [-0.2, -0.15) is 0 Å². The summed E-state index contributed by atoms with van der Waals surface area (Å²) in [4.78, 5) is 28.6. The van der Waals surface area contributed by atoms with E-state index in [-0.39, 0.29) is 6.09 Å². The lowest BCUT2D eigenvalue weighted by atomic mass is 9.80. The zero-order valence-electron chi connectivity index (χ0n) is 19.4. The largest absolute Gasteiger partial charge is 0.481 e. The molecule has 0 saturated carbocycles. The van der Waals surface area contributed by atoms with E-state index >= 15 is 0 Å². The molecule has 180 valence electrons. The van der Waals surface area contributed by atoms with Gasteiger partial charge in [-0.05, 0) is 56.8 Å². The first-order valence-corrected chi connectivity index (χ1v) is 12.9. The summed E-state index contributed by atoms with van der Waals surface area (Å²) in [6.45, 7) is 4.06. The number of ether oxygens (including phenoxy) is 1. The molecular weight excluding hydrogens is 438 g/mol. The Kier molecular flexibility index (Phi) is 7.98. The Bertz CT molecular complexity index is 854. The third-order valence-electron chi connectivity index (χ3n) is 7.34. The number of rotatable bonds is 7. The van der Waals surface area contributed by atoms with E-state index in [1.165, 1.54) is 11.1 Å². The van der Waals surface area contributed by atoms with Crippen molar-refractivity contribution >= 4 is 29.6 Å². The number of hydrogen-bond acceptors (Lipinski definition) is 6. The van der Waals surface area contributed by atoms with Gasteiger partial charge in [0.05, 0.1) is 5.41 Å². The highest BCUT2D eigenvalue weighted by Gasteiger charge is 2.43. The van der Waals surface area contributed by atoms with Crippen LogP contribution in [-0.2, 0) is 9.53 Å². The molecular formula is C25H35N3O4S. The molecule has 0 bridgehead atoms. The van der Waals surface area contributed by atoms with Crippen LogP contribution in [0, 0.1) is 5.41 Å². The number of hydrogen-bond donors (Lipinski definition) is 1. The van der Waals surface area contributed by atoms with Crippen molar-refractivity contribution in [2.45, 2.75) is 38.1 Å². The summed E-state index contributed by atoms with van der Waals surface area (Å²) in [7, 11) is 2.06. The number of carbonyl (C=O) groups excluding carboxylic acids is 1. The van der Waals surface area contributed by atoms with E-state index in [1.54, 1.807) is 16.8 Å². The van der Waals surface area contributed by atoms with Crippen molar-refractivity contribution in [2.75, 3.05) is 52.1 Å². The summed E-state index contributed by atoms with van der Waals surface area (Å²) in [5, 5.41) is 10.0. The van der Waals surface area contributed by atoms with E-state index < -0.39 is 11.4 Å². The molecule has 2 saturated heterocycles. The Labute approximate surface area is 200 Å². The van der Waals surface area contributed by atoms with Crippen LogP contribution >= 0.6 is 11.9 Å². The molecule has 1 aromatic rings. The molecule has 7 nitrogen and oxygen atoms in total. The van der Waals surface area contributed by atoms with Gasteiger partial charge in [-0.15, -0.1) is 0 Å². The van der Waals surface area contributed by atoms with Crippen LogP contribution in [-0.4, -0.2) is 89.4 Å². The second-order valence-corrected chi connectivity index (χ2v) is 10.5. The third-order valence-corrected chi connectivity index (χ3v) is 8.72. The Balaban J connectivity index is 1.24. The monoisotopic (exact) mass is 473 g/mol. The molecule has 2 fully saturated rings. The Morgan fingerprint density at radius 2 is 1.91 bits per heavy atom. The van der Waals surface area contributed by atoms with Crippen LogP contribution in [0.2, 0.25) is 0 Å². The van der Waals surface area contributed by atoms with Gasteiger partial charge in [0.1, 0.15) is 6.61 Å². The molecule has 1 atom stereocenters. The third kappa shape index (κ3) is 5.91. The summed E-state index contributed by atoms with van der Waals surface area (Å²) in [6.07, 6.45) is 6.03. The van der Waals surface area contributed by atoms with E-state index in [4.69, 9.17) is 4.74 Å². The van der Waals surface area contributed by atoms with Crippen molar-refractivity contribution in [2.24, 2.45) is 5.41 Å². The first-order valence-electron chi connectivity index (χ1n) is 11.9. The molecule has 3 heterocycles. The number of nitrogens with zero attached hydrogens (tertiary/aromatic N) is 3. The van der Waals surface area contributed by atoms with Gasteiger partial charge >= 0.3 is 12.1 Å². The van der Waals surface area contributed by atoms with Crippen molar-refractivity contribution in [1.29, 1.82) is 0 Å². The van der Waals surface area contributed by atoms with E-state index in [0.717, 1.165) is 38.9 Å². The van der Waals surface area contributed by atoms with Crippen LogP contribution in [0.5, 0.6) is 0 Å². The van der Waals surface area contributed by atoms with Crippen LogP contribution in [0.3, 0.4) is 0 Å². The summed E-state index contributed by atoms with van der Waals surface area (Å²) < 4.78 is 7.80. The number of amides is 1. The van der Waals surface area contributed by atoms with Crippen molar-refractivity contribution in [3.05, 3.63) is 42.0 Å². The maximum atomic E-state index is 12.5. The van der Waals surface area contributed by atoms with E-state index in [1.807, 2.05) is 6.07 Å². The van der Waals surface area contributed by atoms with E-state index in [2.05, 4.69) is 46.6 Å². The van der Waals surface area contributed by atoms with Gasteiger partial charge in [-0.25, -0.2) is 9.10 Å². The van der Waals surface area contributed by atoms with E-state index in [9.17, 15) is 14.7 Å². The summed E-state index contributed by atoms with van der Waals surface area (Å²) in [5.41, 5.74) is 1.83. The standard InChI is InChI=1S/C25H35N3O4S/c1-26-13-5-8-22(26)18-32-24(31)27-16-11-25(12-17-27,23(29)30)19-33-28-14-9-21(10-15-28)20-6-3-2-4-7-20/h2-4,6-7,9,22H,5,8,10-19H2,1H3,(H,29,30). The molecule has 1 N–H and O–H groups in total. The number of likely N-dealkylation sites (N-methyl/N-ethyl adjacent to an activating group) is 1. The molecule has 0 radical (unpaired) electrons. The fraction of sp³-hybridized carbons (Fsp3) is 0.600. The number of carboxylic acids is 1. The zero-order valence-corrected chi connectivity index (χ0v) is 20.3. The van der Waals surface area contributed by atoms with Crippen molar-refractivity contribution < 1.29 is 19.4 Å². The van der Waals surface area contributed by atoms with Gasteiger partial charge in [-0.3, -0.25) is 4.79 Å². The average molecular weight is 474 g/mol. The van der Waals surface area contributed by atoms with Crippen LogP contribution in [0.15, 0.2) is 36.4 Å². The SMILES string of the molecule is CN1CCCC1COC(=O)N1CCC(CSN2CC=C(c3ccccc3)CC2)(C(=O)O)CC1. The predicted molar refractivity (Wildman–Crippen MR) is 131 cm³/mol. The van der Waals surface area contributed by atoms with Gasteiger partial charge in [0, 0.05) is 38.0 Å². The first-order chi connectivity index (χ1) is 16.0. The molecule has 1 amide bonds. The quantitative estimate of drug-likeness (QED) is 0.604. The first kappa shape index (κ1) is 24.1. The summed E-state index contributed by atoms with van der Waals surface area (Å²) >= 11 is 1.63. The molecule has 0 spiro atoms. The number of carboxylic acid groups (broad SMARTS) is 1. The molecule has 8 heteroatoms. The van der Waals surface area contributed by atoms with Gasteiger partial charge in [0.25, 0.3) is 0 Å². The molecule has 4 rings (SSSR count). The summed E-state index contributed by atoms with van der Waals surface area (Å²) in [5.74, 6) is -0.222. The lowest BCUT2D eigenvalue weighted by Crippen LogP contribution is -2.48. The average Bonchev–Trinajstić information content (AvgIpc) is 3.27. The Morgan fingerprint density at radius 1 is 1.15 bits per heavy atom. The summed E-state index contributed by atoms with van der Waals surface area (Å²) in [6, 6.07) is 10.7. The topological polar surface area (TPSA) is 73.3 Å². The second kappa shape index (κ2) is 10.9. The minimum Gasteiger partial charge on any atom is -0.481 e. The number of carbonyl (C=O) groups is 2. The Hall–Kier alpha value is -2.03. The van der Waals surface area contributed by atoms with Gasteiger partial charge in [-0.1, -0.05) is 48.4 Å². The van der Waals surface area contributed by atoms with Gasteiger partial charge in [0.2, 0.25) is 0 Å². The molecule has 1 unspecified atom stereocenters. The molecule has 0 aromatic heterocycles. The minimum atomic E-state index is -0.795. The van der Waals surface area contributed by atoms with Gasteiger partial charge in [0.15, 0.2) is 0 Å². The van der Waals surface area contributed by atoms with Crippen LogP contribution in [0.4, 0.5) is 4.79 Å². The maximum Gasteiger partial charge on any atom is 0.409 e. The number of piperidine rings is 1. The minimum absolute atomic E-state index is 0.300. The highest BCUT2D eigenvalue weighted by Crippen LogP contribution is 2.37. The smallest absolute Gasteiger partial charge is 0.409 e. The molecule has 1 aromatic carbocycles. The van der Waals surface area contributed by atoms with Crippen LogP contribution < -0.4 is 0 Å². The number of benzene rings is 1. The Morgan fingerprint density at radius 3 is 2.52 bits per heavy atom. The molecule has 33 heavy (non-hydrogen) atoms. The number of likely N-dealkylation sites (tertiary alicyclic amines) is 2. The maximum absolute atomic E-state index is 12.5. The van der Waals surface area contributed by atoms with Gasteiger partial charge < -0.3 is 19.6 Å². The highest BCUT2D eigenvalue weighted by molar-refractivity contribution is 7.97. The molecule has 3 aliphatic heterocycles. The van der Waals surface area contributed by atoms with E-state index in [0.29, 0.717) is 44.3 Å². The fourth-order valence-corrected chi connectivity index (χ4v) is 6.13.